The molecule has 0 radical (unpaired) electrons. The summed E-state index contributed by atoms with van der Waals surface area (Å²) >= 11 is 2.09. The third kappa shape index (κ3) is 2.69. The van der Waals surface area contributed by atoms with Gasteiger partial charge in [0.25, 0.3) is 0 Å². The molecule has 1 aromatic rings. The first kappa shape index (κ1) is 14.6. The van der Waals surface area contributed by atoms with Gasteiger partial charge in [0.1, 0.15) is 5.75 Å². The van der Waals surface area contributed by atoms with Gasteiger partial charge in [0.2, 0.25) is 10.0 Å². The normalized spacial score (nSPS) is 28.8. The highest BCUT2D eigenvalue weighted by Gasteiger charge is 2.41. The number of halogens is 1. The molecule has 1 N–H and O–H groups in total. The second kappa shape index (κ2) is 5.46. The van der Waals surface area contributed by atoms with Crippen molar-refractivity contribution in [3.63, 3.8) is 0 Å². The highest BCUT2D eigenvalue weighted by atomic mass is 127. The summed E-state index contributed by atoms with van der Waals surface area (Å²) in [5, 5.41) is 0. The molecule has 0 spiro atoms. The summed E-state index contributed by atoms with van der Waals surface area (Å²) in [5.74, 6) is 1.96. The molecule has 0 aliphatic heterocycles. The van der Waals surface area contributed by atoms with Crippen molar-refractivity contribution in [2.45, 2.75) is 36.6 Å². The Bertz CT molecular complexity index is 617. The van der Waals surface area contributed by atoms with Crippen molar-refractivity contribution in [3.05, 3.63) is 21.8 Å². The Morgan fingerprint density at radius 3 is 2.65 bits per heavy atom. The molecule has 2 bridgehead atoms. The van der Waals surface area contributed by atoms with E-state index < -0.39 is 10.0 Å². The van der Waals surface area contributed by atoms with E-state index in [0.717, 1.165) is 22.3 Å². The number of hydrogen-bond donors (Lipinski definition) is 1. The van der Waals surface area contributed by atoms with Crippen molar-refractivity contribution < 1.29 is 13.2 Å². The van der Waals surface area contributed by atoms with E-state index in [-0.39, 0.29) is 6.04 Å². The average molecular weight is 407 g/mol. The van der Waals surface area contributed by atoms with Gasteiger partial charge in [0.15, 0.2) is 0 Å². The fraction of sp³-hybridized carbons (Fsp3) is 0.571. The van der Waals surface area contributed by atoms with Crippen LogP contribution in [0, 0.1) is 15.4 Å². The SMILES string of the molecule is COc1ccc(S(=O)(=O)N[C@@H]2C[C@H]3CC[C@H]2C3)cc1I. The van der Waals surface area contributed by atoms with Gasteiger partial charge in [-0.3, -0.25) is 0 Å². The van der Waals surface area contributed by atoms with Crippen molar-refractivity contribution in [3.8, 4) is 5.75 Å². The molecule has 6 heteroatoms. The van der Waals surface area contributed by atoms with Gasteiger partial charge >= 0.3 is 0 Å². The highest BCUT2D eigenvalue weighted by molar-refractivity contribution is 14.1. The van der Waals surface area contributed by atoms with Crippen LogP contribution in [-0.4, -0.2) is 21.6 Å². The Morgan fingerprint density at radius 1 is 1.30 bits per heavy atom. The van der Waals surface area contributed by atoms with Gasteiger partial charge in [-0.2, -0.15) is 0 Å². The fourth-order valence-electron chi connectivity index (χ4n) is 3.47. The number of fused-ring (bicyclic) bond motifs is 2. The molecule has 2 fully saturated rings. The van der Waals surface area contributed by atoms with Gasteiger partial charge in [0, 0.05) is 6.04 Å². The second-order valence-corrected chi connectivity index (χ2v) is 8.58. The molecule has 3 atom stereocenters. The predicted octanol–water partition coefficient (Wildman–Crippen LogP) is 2.77. The molecule has 0 aromatic heterocycles. The molecule has 0 saturated heterocycles. The maximum Gasteiger partial charge on any atom is 0.240 e. The first-order chi connectivity index (χ1) is 9.49. The van der Waals surface area contributed by atoms with Crippen molar-refractivity contribution >= 4 is 32.6 Å². The van der Waals surface area contributed by atoms with E-state index in [9.17, 15) is 8.42 Å². The number of hydrogen-bond acceptors (Lipinski definition) is 3. The number of nitrogens with one attached hydrogen (secondary N) is 1. The van der Waals surface area contributed by atoms with Gasteiger partial charge in [-0.15, -0.1) is 0 Å². The van der Waals surface area contributed by atoms with Crippen molar-refractivity contribution in [2.75, 3.05) is 7.11 Å². The minimum absolute atomic E-state index is 0.124. The summed E-state index contributed by atoms with van der Waals surface area (Å²) in [6.45, 7) is 0. The number of ether oxygens (including phenoxy) is 1. The van der Waals surface area contributed by atoms with Crippen LogP contribution in [0.25, 0.3) is 0 Å². The minimum Gasteiger partial charge on any atom is -0.496 e. The lowest BCUT2D eigenvalue weighted by molar-refractivity contribution is 0.390. The van der Waals surface area contributed by atoms with Gasteiger partial charge in [0.05, 0.1) is 15.6 Å². The van der Waals surface area contributed by atoms with E-state index in [0.29, 0.717) is 16.6 Å². The Morgan fingerprint density at radius 2 is 2.10 bits per heavy atom. The largest absolute Gasteiger partial charge is 0.496 e. The van der Waals surface area contributed by atoms with Crippen LogP contribution >= 0.6 is 22.6 Å². The van der Waals surface area contributed by atoms with Crippen LogP contribution in [0.1, 0.15) is 25.7 Å². The molecular weight excluding hydrogens is 389 g/mol. The van der Waals surface area contributed by atoms with Crippen LogP contribution in [0.3, 0.4) is 0 Å². The van der Waals surface area contributed by atoms with Crippen LogP contribution in [-0.2, 0) is 10.0 Å². The second-order valence-electron chi connectivity index (χ2n) is 5.70. The summed E-state index contributed by atoms with van der Waals surface area (Å²) in [7, 11) is -1.84. The Kier molecular flexibility index (Phi) is 3.98. The third-order valence-electron chi connectivity index (χ3n) is 4.48. The summed E-state index contributed by atoms with van der Waals surface area (Å²) in [6, 6.07) is 5.10. The van der Waals surface area contributed by atoms with E-state index in [1.54, 1.807) is 25.3 Å². The molecule has 4 nitrogen and oxygen atoms in total. The molecule has 2 saturated carbocycles. The molecule has 1 aromatic carbocycles. The number of methoxy groups -OCH3 is 1. The summed E-state index contributed by atoms with van der Waals surface area (Å²) < 4.78 is 33.8. The predicted molar refractivity (Wildman–Crippen MR) is 85.3 cm³/mol. The van der Waals surface area contributed by atoms with E-state index in [1.165, 1.54) is 12.8 Å². The van der Waals surface area contributed by atoms with Crippen LogP contribution in [0.2, 0.25) is 0 Å². The standard InChI is InChI=1S/C14H18INO3S/c1-19-14-5-4-11(8-12(14)15)20(17,18)16-13-7-9-2-3-10(13)6-9/h4-5,8-10,13,16H,2-3,6-7H2,1H3/t9-,10-,13+/m0/s1. The summed E-state index contributed by atoms with van der Waals surface area (Å²) in [5.41, 5.74) is 0. The van der Waals surface area contributed by atoms with Crippen molar-refractivity contribution in [1.82, 2.24) is 4.72 Å². The zero-order valence-electron chi connectivity index (χ0n) is 11.3. The Balaban J connectivity index is 1.79. The molecule has 2 aliphatic carbocycles. The molecule has 0 unspecified atom stereocenters. The van der Waals surface area contributed by atoms with E-state index >= 15 is 0 Å². The average Bonchev–Trinajstić information content (AvgIpc) is 3.00. The minimum atomic E-state index is -3.42. The molecule has 2 aliphatic rings. The summed E-state index contributed by atoms with van der Waals surface area (Å²) in [6.07, 6.45) is 4.62. The Hall–Kier alpha value is -0.340. The zero-order chi connectivity index (χ0) is 14.3. The van der Waals surface area contributed by atoms with Crippen molar-refractivity contribution in [2.24, 2.45) is 11.8 Å². The quantitative estimate of drug-likeness (QED) is 0.782. The maximum atomic E-state index is 12.5. The lowest BCUT2D eigenvalue weighted by Gasteiger charge is -2.22. The van der Waals surface area contributed by atoms with Crippen LogP contribution < -0.4 is 9.46 Å². The van der Waals surface area contributed by atoms with Crippen LogP contribution in [0.5, 0.6) is 5.75 Å². The Labute approximate surface area is 133 Å². The zero-order valence-corrected chi connectivity index (χ0v) is 14.3. The van der Waals surface area contributed by atoms with E-state index in [2.05, 4.69) is 27.3 Å². The number of rotatable bonds is 4. The topological polar surface area (TPSA) is 55.4 Å². The fourth-order valence-corrected chi connectivity index (χ4v) is 5.76. The molecule has 20 heavy (non-hydrogen) atoms. The van der Waals surface area contributed by atoms with Crippen molar-refractivity contribution in [1.29, 1.82) is 0 Å². The number of benzene rings is 1. The molecule has 0 heterocycles. The monoisotopic (exact) mass is 407 g/mol. The van der Waals surface area contributed by atoms with E-state index in [1.807, 2.05) is 0 Å². The first-order valence-electron chi connectivity index (χ1n) is 6.85. The van der Waals surface area contributed by atoms with Gasteiger partial charge in [-0.1, -0.05) is 6.42 Å². The smallest absolute Gasteiger partial charge is 0.240 e. The number of sulfonamides is 1. The first-order valence-corrected chi connectivity index (χ1v) is 9.41. The summed E-state index contributed by atoms with van der Waals surface area (Å²) in [4.78, 5) is 0.325. The van der Waals surface area contributed by atoms with Crippen LogP contribution in [0.4, 0.5) is 0 Å². The molecule has 3 rings (SSSR count). The highest BCUT2D eigenvalue weighted by Crippen LogP contribution is 2.44. The van der Waals surface area contributed by atoms with E-state index in [4.69, 9.17) is 4.74 Å². The van der Waals surface area contributed by atoms with Gasteiger partial charge in [-0.05, 0) is 71.9 Å². The van der Waals surface area contributed by atoms with Crippen LogP contribution in [0.15, 0.2) is 23.1 Å². The molecular formula is C14H18INO3S. The third-order valence-corrected chi connectivity index (χ3v) is 6.81. The van der Waals surface area contributed by atoms with Gasteiger partial charge in [-0.25, -0.2) is 13.1 Å². The lowest BCUT2D eigenvalue weighted by atomic mass is 9.96. The molecule has 0 amide bonds. The lowest BCUT2D eigenvalue weighted by Crippen LogP contribution is -2.38. The molecule has 110 valence electrons. The maximum absolute atomic E-state index is 12.5. The van der Waals surface area contributed by atoms with Gasteiger partial charge < -0.3 is 4.74 Å².